The van der Waals surface area contributed by atoms with Crippen LogP contribution in [0, 0.1) is 0 Å². The lowest BCUT2D eigenvalue weighted by Gasteiger charge is -1.97. The molecule has 0 radical (unpaired) electrons. The summed E-state index contributed by atoms with van der Waals surface area (Å²) in [4.78, 5) is 11.0. The minimum absolute atomic E-state index is 0.124. The summed E-state index contributed by atoms with van der Waals surface area (Å²) < 4.78 is 9.93. The highest BCUT2D eigenvalue weighted by atomic mass is 16.6. The molecule has 1 aliphatic rings. The van der Waals surface area contributed by atoms with Gasteiger partial charge in [-0.15, -0.1) is 0 Å². The fraction of sp³-hybridized carbons (Fsp3) is 0.875. The first-order valence-corrected chi connectivity index (χ1v) is 4.11. The number of carbonyl (C=O) groups excluding carboxylic acids is 1. The van der Waals surface area contributed by atoms with Crippen molar-refractivity contribution in [3.05, 3.63) is 0 Å². The first-order chi connectivity index (χ1) is 5.29. The summed E-state index contributed by atoms with van der Waals surface area (Å²) in [7, 11) is 0. The fourth-order valence-electron chi connectivity index (χ4n) is 0.945. The molecule has 3 nitrogen and oxygen atoms in total. The van der Waals surface area contributed by atoms with E-state index in [4.69, 9.17) is 9.47 Å². The number of epoxide rings is 1. The van der Waals surface area contributed by atoms with E-state index in [0.717, 1.165) is 12.8 Å². The molecule has 0 N–H and O–H groups in total. The van der Waals surface area contributed by atoms with Gasteiger partial charge >= 0.3 is 5.97 Å². The zero-order valence-electron chi connectivity index (χ0n) is 7.00. The summed E-state index contributed by atoms with van der Waals surface area (Å²) in [5, 5.41) is 0. The summed E-state index contributed by atoms with van der Waals surface area (Å²) in [5.41, 5.74) is 0. The van der Waals surface area contributed by atoms with E-state index in [0.29, 0.717) is 6.61 Å². The average molecular weight is 158 g/mol. The van der Waals surface area contributed by atoms with Crippen LogP contribution in [0.2, 0.25) is 0 Å². The number of hydrogen-bond donors (Lipinski definition) is 0. The van der Waals surface area contributed by atoms with Gasteiger partial charge in [0.05, 0.1) is 12.7 Å². The van der Waals surface area contributed by atoms with Gasteiger partial charge in [0.15, 0.2) is 6.10 Å². The monoisotopic (exact) mass is 158 g/mol. The van der Waals surface area contributed by atoms with Gasteiger partial charge in [0.1, 0.15) is 0 Å². The van der Waals surface area contributed by atoms with Gasteiger partial charge in [0, 0.05) is 0 Å². The van der Waals surface area contributed by atoms with Crippen LogP contribution in [-0.4, -0.2) is 24.8 Å². The Balaban J connectivity index is 2.12. The van der Waals surface area contributed by atoms with E-state index in [1.165, 1.54) is 0 Å². The second-order valence-electron chi connectivity index (χ2n) is 2.67. The van der Waals surface area contributed by atoms with Crippen molar-refractivity contribution in [1.29, 1.82) is 0 Å². The van der Waals surface area contributed by atoms with Gasteiger partial charge in [0.25, 0.3) is 0 Å². The lowest BCUT2D eigenvalue weighted by atomic mass is 10.2. The molecule has 0 aliphatic carbocycles. The predicted molar refractivity (Wildman–Crippen MR) is 40.2 cm³/mol. The molecule has 2 atom stereocenters. The van der Waals surface area contributed by atoms with E-state index < -0.39 is 0 Å². The largest absolute Gasteiger partial charge is 0.464 e. The Hall–Kier alpha value is -0.570. The molecule has 11 heavy (non-hydrogen) atoms. The smallest absolute Gasteiger partial charge is 0.338 e. The molecule has 64 valence electrons. The molecule has 0 aromatic carbocycles. The van der Waals surface area contributed by atoms with Gasteiger partial charge in [0.2, 0.25) is 0 Å². The molecule has 0 saturated carbocycles. The number of rotatable bonds is 4. The van der Waals surface area contributed by atoms with Crippen molar-refractivity contribution in [2.75, 3.05) is 6.61 Å². The zero-order chi connectivity index (χ0) is 8.27. The third kappa shape index (κ3) is 2.19. The van der Waals surface area contributed by atoms with E-state index in [2.05, 4.69) is 0 Å². The molecule has 1 rings (SSSR count). The van der Waals surface area contributed by atoms with Gasteiger partial charge in [-0.2, -0.15) is 0 Å². The van der Waals surface area contributed by atoms with Crippen LogP contribution < -0.4 is 0 Å². The molecule has 0 amide bonds. The SMILES string of the molecule is CCCOC(=O)C1OC1CC. The maximum absolute atomic E-state index is 11.0. The molecule has 2 unspecified atom stereocenters. The quantitative estimate of drug-likeness (QED) is 0.454. The van der Waals surface area contributed by atoms with Crippen LogP contribution in [-0.2, 0) is 14.3 Å². The Morgan fingerprint density at radius 2 is 2.27 bits per heavy atom. The van der Waals surface area contributed by atoms with E-state index in [-0.39, 0.29) is 18.2 Å². The van der Waals surface area contributed by atoms with Crippen LogP contribution >= 0.6 is 0 Å². The van der Waals surface area contributed by atoms with Crippen LogP contribution in [0.1, 0.15) is 26.7 Å². The van der Waals surface area contributed by atoms with Gasteiger partial charge < -0.3 is 9.47 Å². The molecular weight excluding hydrogens is 144 g/mol. The topological polar surface area (TPSA) is 38.8 Å². The molecule has 0 aromatic rings. The van der Waals surface area contributed by atoms with Gasteiger partial charge in [-0.25, -0.2) is 4.79 Å². The first kappa shape index (κ1) is 8.53. The molecule has 1 fully saturated rings. The predicted octanol–water partition coefficient (Wildman–Crippen LogP) is 1.12. The number of esters is 1. The third-order valence-corrected chi connectivity index (χ3v) is 1.67. The maximum atomic E-state index is 11.0. The summed E-state index contributed by atoms with van der Waals surface area (Å²) in [6.45, 7) is 4.48. The van der Waals surface area contributed by atoms with Gasteiger partial charge in [-0.3, -0.25) is 0 Å². The highest BCUT2D eigenvalue weighted by molar-refractivity contribution is 5.77. The Bertz CT molecular complexity index is 144. The Labute approximate surface area is 66.7 Å². The van der Waals surface area contributed by atoms with Crippen molar-refractivity contribution in [3.8, 4) is 0 Å². The van der Waals surface area contributed by atoms with Crippen LogP contribution in [0.4, 0.5) is 0 Å². The van der Waals surface area contributed by atoms with Crippen molar-refractivity contribution < 1.29 is 14.3 Å². The Morgan fingerprint density at radius 3 is 2.73 bits per heavy atom. The van der Waals surface area contributed by atoms with Crippen LogP contribution in [0.3, 0.4) is 0 Å². The Morgan fingerprint density at radius 1 is 1.55 bits per heavy atom. The first-order valence-electron chi connectivity index (χ1n) is 4.11. The summed E-state index contributed by atoms with van der Waals surface area (Å²) in [6, 6.07) is 0. The van der Waals surface area contributed by atoms with Crippen molar-refractivity contribution in [1.82, 2.24) is 0 Å². The highest BCUT2D eigenvalue weighted by Gasteiger charge is 2.44. The van der Waals surface area contributed by atoms with E-state index >= 15 is 0 Å². The van der Waals surface area contributed by atoms with Crippen molar-refractivity contribution in [2.24, 2.45) is 0 Å². The second kappa shape index (κ2) is 3.72. The van der Waals surface area contributed by atoms with E-state index in [9.17, 15) is 4.79 Å². The lowest BCUT2D eigenvalue weighted by molar-refractivity contribution is -0.145. The van der Waals surface area contributed by atoms with E-state index in [1.807, 2.05) is 13.8 Å². The lowest BCUT2D eigenvalue weighted by Crippen LogP contribution is -2.14. The summed E-state index contributed by atoms with van der Waals surface area (Å²) >= 11 is 0. The van der Waals surface area contributed by atoms with Crippen LogP contribution in [0.15, 0.2) is 0 Å². The van der Waals surface area contributed by atoms with Crippen molar-refractivity contribution in [3.63, 3.8) is 0 Å². The second-order valence-corrected chi connectivity index (χ2v) is 2.67. The molecule has 0 aromatic heterocycles. The fourth-order valence-corrected chi connectivity index (χ4v) is 0.945. The third-order valence-electron chi connectivity index (χ3n) is 1.67. The molecule has 0 bridgehead atoms. The minimum Gasteiger partial charge on any atom is -0.464 e. The minimum atomic E-state index is -0.258. The molecular formula is C8H14O3. The average Bonchev–Trinajstić information content (AvgIpc) is 2.78. The van der Waals surface area contributed by atoms with Crippen molar-refractivity contribution in [2.45, 2.75) is 38.9 Å². The molecule has 0 spiro atoms. The maximum Gasteiger partial charge on any atom is 0.338 e. The van der Waals surface area contributed by atoms with Crippen molar-refractivity contribution >= 4 is 5.97 Å². The van der Waals surface area contributed by atoms with Gasteiger partial charge in [-0.05, 0) is 12.8 Å². The molecule has 1 aliphatic heterocycles. The number of carbonyl (C=O) groups is 1. The summed E-state index contributed by atoms with van der Waals surface area (Å²) in [5.74, 6) is -0.196. The normalized spacial score (nSPS) is 28.2. The zero-order valence-corrected chi connectivity index (χ0v) is 7.00. The highest BCUT2D eigenvalue weighted by Crippen LogP contribution is 2.25. The van der Waals surface area contributed by atoms with Crippen LogP contribution in [0.5, 0.6) is 0 Å². The molecule has 1 saturated heterocycles. The number of hydrogen-bond acceptors (Lipinski definition) is 3. The number of ether oxygens (including phenoxy) is 2. The summed E-state index contributed by atoms with van der Waals surface area (Å²) in [6.07, 6.45) is 1.63. The van der Waals surface area contributed by atoms with Crippen LogP contribution in [0.25, 0.3) is 0 Å². The van der Waals surface area contributed by atoms with Gasteiger partial charge in [-0.1, -0.05) is 13.8 Å². The van der Waals surface area contributed by atoms with E-state index in [1.54, 1.807) is 0 Å². The molecule has 3 heteroatoms. The molecule has 1 heterocycles. The Kier molecular flexibility index (Phi) is 2.88. The standard InChI is InChI=1S/C8H14O3/c1-3-5-10-8(9)7-6(4-2)11-7/h6-7H,3-5H2,1-2H3.